The Morgan fingerprint density at radius 3 is 2.48 bits per heavy atom. The van der Waals surface area contributed by atoms with E-state index in [0.29, 0.717) is 6.54 Å². The van der Waals surface area contributed by atoms with Crippen LogP contribution < -0.4 is 9.80 Å². The van der Waals surface area contributed by atoms with Gasteiger partial charge < -0.3 is 9.80 Å². The molecular weight excluding hydrogens is 381 g/mol. The third kappa shape index (κ3) is 3.56. The Labute approximate surface area is 165 Å². The smallest absolute Gasteiger partial charge is 0.353 e. The van der Waals surface area contributed by atoms with E-state index in [1.807, 2.05) is 29.2 Å². The topological polar surface area (TPSA) is 58.0 Å². The zero-order chi connectivity index (χ0) is 20.0. The first-order chi connectivity index (χ1) is 14.0. The van der Waals surface area contributed by atoms with E-state index in [4.69, 9.17) is 4.98 Å². The van der Waals surface area contributed by atoms with Crippen molar-refractivity contribution < 1.29 is 13.2 Å². The van der Waals surface area contributed by atoms with Crippen LogP contribution in [0.25, 0.3) is 11.0 Å². The molecule has 1 aliphatic carbocycles. The summed E-state index contributed by atoms with van der Waals surface area (Å²) < 4.78 is 39.3. The molecule has 1 aliphatic heterocycles. The van der Waals surface area contributed by atoms with Crippen LogP contribution in [0.2, 0.25) is 0 Å². The number of halogens is 3. The molecule has 3 aromatic rings. The number of alkyl halides is 3. The van der Waals surface area contributed by atoms with Gasteiger partial charge in [0, 0.05) is 25.3 Å². The van der Waals surface area contributed by atoms with Gasteiger partial charge in [0.1, 0.15) is 11.5 Å². The lowest BCUT2D eigenvalue weighted by Crippen LogP contribution is -2.41. The predicted molar refractivity (Wildman–Crippen MR) is 103 cm³/mol. The molecule has 6 nitrogen and oxygen atoms in total. The van der Waals surface area contributed by atoms with Crippen molar-refractivity contribution >= 4 is 22.8 Å². The highest BCUT2D eigenvalue weighted by molar-refractivity contribution is 5.75. The third-order valence-corrected chi connectivity index (χ3v) is 5.42. The molecule has 0 N–H and O–H groups in total. The summed E-state index contributed by atoms with van der Waals surface area (Å²) in [5.74, 6) is 0.950. The minimum atomic E-state index is -4.48. The first-order valence-corrected chi connectivity index (χ1v) is 9.64. The molecule has 1 saturated heterocycles. The number of benzene rings is 1. The fraction of sp³-hybridized carbons (Fsp3) is 0.400. The standard InChI is InChI=1S/C20H19F3N6/c21-20(22,23)17-7-9-24-19(27-17)29(13-5-6-13)14-8-10-28(12-14)18-11-25-15-3-1-2-4-16(15)26-18/h1-4,7,9,11,13-14H,5-6,8,10,12H2. The normalized spacial score (nSPS) is 19.7. The molecule has 2 aliphatic rings. The number of hydrogen-bond acceptors (Lipinski definition) is 6. The Kier molecular flexibility index (Phi) is 4.25. The highest BCUT2D eigenvalue weighted by Crippen LogP contribution is 2.36. The molecule has 150 valence electrons. The van der Waals surface area contributed by atoms with Crippen LogP contribution in [0.15, 0.2) is 42.7 Å². The van der Waals surface area contributed by atoms with Crippen molar-refractivity contribution in [2.45, 2.75) is 37.5 Å². The number of anilines is 2. The van der Waals surface area contributed by atoms with Gasteiger partial charge in [-0.15, -0.1) is 0 Å². The number of fused-ring (bicyclic) bond motifs is 1. The molecule has 9 heteroatoms. The maximum Gasteiger partial charge on any atom is 0.433 e. The summed E-state index contributed by atoms with van der Waals surface area (Å²) in [6, 6.07) is 8.84. The third-order valence-electron chi connectivity index (χ3n) is 5.42. The minimum Gasteiger partial charge on any atom is -0.353 e. The molecule has 1 atom stereocenters. The maximum absolute atomic E-state index is 13.1. The largest absolute Gasteiger partial charge is 0.433 e. The van der Waals surface area contributed by atoms with E-state index in [9.17, 15) is 13.2 Å². The van der Waals surface area contributed by atoms with E-state index in [-0.39, 0.29) is 18.0 Å². The molecule has 0 amide bonds. The molecule has 0 spiro atoms. The maximum atomic E-state index is 13.1. The van der Waals surface area contributed by atoms with Crippen molar-refractivity contribution in [3.63, 3.8) is 0 Å². The van der Waals surface area contributed by atoms with Crippen molar-refractivity contribution in [1.82, 2.24) is 19.9 Å². The van der Waals surface area contributed by atoms with Crippen LogP contribution in [0.5, 0.6) is 0 Å². The predicted octanol–water partition coefficient (Wildman–Crippen LogP) is 3.69. The van der Waals surface area contributed by atoms with Gasteiger partial charge in [-0.1, -0.05) is 12.1 Å². The lowest BCUT2D eigenvalue weighted by molar-refractivity contribution is -0.141. The van der Waals surface area contributed by atoms with Crippen LogP contribution in [-0.2, 0) is 6.18 Å². The van der Waals surface area contributed by atoms with E-state index >= 15 is 0 Å². The summed E-state index contributed by atoms with van der Waals surface area (Å²) >= 11 is 0. The molecular formula is C20H19F3N6. The van der Waals surface area contributed by atoms with E-state index in [0.717, 1.165) is 48.7 Å². The van der Waals surface area contributed by atoms with Crippen LogP contribution in [-0.4, -0.2) is 45.1 Å². The Morgan fingerprint density at radius 1 is 0.931 bits per heavy atom. The van der Waals surface area contributed by atoms with Gasteiger partial charge in [-0.2, -0.15) is 13.2 Å². The van der Waals surface area contributed by atoms with Crippen LogP contribution in [0.1, 0.15) is 25.0 Å². The summed E-state index contributed by atoms with van der Waals surface area (Å²) in [5.41, 5.74) is 0.765. The van der Waals surface area contributed by atoms with Crippen LogP contribution in [0, 0.1) is 0 Å². The Bertz CT molecular complexity index is 1040. The molecule has 1 saturated carbocycles. The fourth-order valence-electron chi connectivity index (χ4n) is 3.88. The van der Waals surface area contributed by atoms with Gasteiger partial charge in [0.25, 0.3) is 0 Å². The summed E-state index contributed by atoms with van der Waals surface area (Å²) in [6.07, 6.45) is 1.19. The average molecular weight is 400 g/mol. The highest BCUT2D eigenvalue weighted by atomic mass is 19.4. The van der Waals surface area contributed by atoms with Crippen LogP contribution in [0.4, 0.5) is 24.9 Å². The Morgan fingerprint density at radius 2 is 1.72 bits per heavy atom. The van der Waals surface area contributed by atoms with Gasteiger partial charge in [-0.3, -0.25) is 4.98 Å². The van der Waals surface area contributed by atoms with E-state index in [1.54, 1.807) is 6.20 Å². The van der Waals surface area contributed by atoms with Crippen molar-refractivity contribution in [3.05, 3.63) is 48.4 Å². The van der Waals surface area contributed by atoms with Crippen LogP contribution in [0.3, 0.4) is 0 Å². The van der Waals surface area contributed by atoms with Gasteiger partial charge in [-0.25, -0.2) is 15.0 Å². The van der Waals surface area contributed by atoms with Crippen molar-refractivity contribution in [2.75, 3.05) is 22.9 Å². The number of nitrogens with zero attached hydrogens (tertiary/aromatic N) is 6. The molecule has 3 heterocycles. The zero-order valence-electron chi connectivity index (χ0n) is 15.5. The number of aromatic nitrogens is 4. The number of hydrogen-bond donors (Lipinski definition) is 0. The van der Waals surface area contributed by atoms with Crippen molar-refractivity contribution in [2.24, 2.45) is 0 Å². The highest BCUT2D eigenvalue weighted by Gasteiger charge is 2.40. The molecule has 0 radical (unpaired) electrons. The molecule has 0 bridgehead atoms. The van der Waals surface area contributed by atoms with Crippen molar-refractivity contribution in [3.8, 4) is 0 Å². The van der Waals surface area contributed by atoms with Gasteiger partial charge in [0.15, 0.2) is 0 Å². The average Bonchev–Trinajstić information content (AvgIpc) is 3.43. The summed E-state index contributed by atoms with van der Waals surface area (Å²) in [6.45, 7) is 1.42. The molecule has 5 rings (SSSR count). The Hall–Kier alpha value is -2.97. The number of rotatable bonds is 4. The van der Waals surface area contributed by atoms with E-state index in [2.05, 4.69) is 19.9 Å². The minimum absolute atomic E-state index is 0.0410. The lowest BCUT2D eigenvalue weighted by atomic mass is 10.2. The SMILES string of the molecule is FC(F)(F)c1ccnc(N(C2CC2)C2CCN(c3cnc4ccccc4n3)C2)n1. The van der Waals surface area contributed by atoms with Crippen LogP contribution >= 0.6 is 0 Å². The summed E-state index contributed by atoms with van der Waals surface area (Å²) in [5, 5.41) is 0. The lowest BCUT2D eigenvalue weighted by Gasteiger charge is -2.29. The second kappa shape index (κ2) is 6.82. The summed E-state index contributed by atoms with van der Waals surface area (Å²) in [7, 11) is 0. The zero-order valence-corrected chi connectivity index (χ0v) is 15.5. The second-order valence-corrected chi connectivity index (χ2v) is 7.48. The molecule has 29 heavy (non-hydrogen) atoms. The molecule has 2 fully saturated rings. The van der Waals surface area contributed by atoms with Gasteiger partial charge in [0.05, 0.1) is 23.3 Å². The Balaban J connectivity index is 1.40. The quantitative estimate of drug-likeness (QED) is 0.666. The van der Waals surface area contributed by atoms with Gasteiger partial charge in [0.2, 0.25) is 5.95 Å². The monoisotopic (exact) mass is 400 g/mol. The number of para-hydroxylation sites is 2. The molecule has 1 unspecified atom stereocenters. The van der Waals surface area contributed by atoms with Gasteiger partial charge >= 0.3 is 6.18 Å². The molecule has 2 aromatic heterocycles. The summed E-state index contributed by atoms with van der Waals surface area (Å²) in [4.78, 5) is 21.3. The molecule has 1 aromatic carbocycles. The first-order valence-electron chi connectivity index (χ1n) is 9.64. The van der Waals surface area contributed by atoms with Crippen molar-refractivity contribution in [1.29, 1.82) is 0 Å². The van der Waals surface area contributed by atoms with E-state index in [1.165, 1.54) is 6.20 Å². The fourth-order valence-corrected chi connectivity index (χ4v) is 3.88. The van der Waals surface area contributed by atoms with E-state index < -0.39 is 11.9 Å². The van der Waals surface area contributed by atoms with Gasteiger partial charge in [-0.05, 0) is 37.5 Å². The first kappa shape index (κ1) is 18.1. The second-order valence-electron chi connectivity index (χ2n) is 7.48.